The zero-order chi connectivity index (χ0) is 16.8. The molecule has 1 aliphatic heterocycles. The highest BCUT2D eigenvalue weighted by molar-refractivity contribution is 7.99. The first-order chi connectivity index (χ1) is 11.0. The largest absolute Gasteiger partial charge is 0.370 e. The van der Waals surface area contributed by atoms with Crippen LogP contribution in [0.4, 0.5) is 8.78 Å². The Morgan fingerprint density at radius 1 is 1.39 bits per heavy atom. The van der Waals surface area contributed by atoms with Crippen molar-refractivity contribution in [3.05, 3.63) is 23.9 Å². The number of pyridine rings is 1. The van der Waals surface area contributed by atoms with Crippen LogP contribution in [0.15, 0.2) is 23.4 Å². The lowest BCUT2D eigenvalue weighted by atomic mass is 9.92. The first-order valence-corrected chi connectivity index (χ1v) is 8.32. The van der Waals surface area contributed by atoms with Crippen LogP contribution < -0.4 is 5.73 Å². The predicted octanol–water partition coefficient (Wildman–Crippen LogP) is 2.51. The van der Waals surface area contributed by atoms with Gasteiger partial charge in [0, 0.05) is 25.7 Å². The van der Waals surface area contributed by atoms with E-state index < -0.39 is 5.76 Å². The van der Waals surface area contributed by atoms with E-state index in [4.69, 9.17) is 5.73 Å². The Kier molecular flexibility index (Phi) is 6.32. The summed E-state index contributed by atoms with van der Waals surface area (Å²) in [7, 11) is 0. The fraction of sp³-hybridized carbons (Fsp3) is 0.533. The van der Waals surface area contributed by atoms with Crippen molar-refractivity contribution in [3.8, 4) is 0 Å². The summed E-state index contributed by atoms with van der Waals surface area (Å²) in [5.41, 5.74) is 5.36. The maximum atomic E-state index is 12.6. The predicted molar refractivity (Wildman–Crippen MR) is 83.2 cm³/mol. The van der Waals surface area contributed by atoms with Crippen molar-refractivity contribution in [2.75, 3.05) is 13.1 Å². The summed E-state index contributed by atoms with van der Waals surface area (Å²) < 4.78 is 25.1. The van der Waals surface area contributed by atoms with Crippen molar-refractivity contribution >= 4 is 23.6 Å². The number of nitrogens with zero attached hydrogens (tertiary/aromatic N) is 2. The highest BCUT2D eigenvalue weighted by Crippen LogP contribution is 2.29. The Bertz CT molecular complexity index is 563. The Morgan fingerprint density at radius 3 is 2.70 bits per heavy atom. The molecule has 2 heterocycles. The molecule has 0 aliphatic carbocycles. The van der Waals surface area contributed by atoms with Gasteiger partial charge in [0.2, 0.25) is 5.91 Å². The molecule has 1 aromatic rings. The monoisotopic (exact) mass is 343 g/mol. The maximum absolute atomic E-state index is 12.6. The van der Waals surface area contributed by atoms with Crippen molar-refractivity contribution in [1.29, 1.82) is 0 Å². The quantitative estimate of drug-likeness (QED) is 0.805. The summed E-state index contributed by atoms with van der Waals surface area (Å²) in [6, 6.07) is 3.10. The number of primary amides is 1. The number of carbonyl (C=O) groups is 2. The summed E-state index contributed by atoms with van der Waals surface area (Å²) >= 11 is 0.286. The number of thioether (sulfide) groups is 1. The first-order valence-electron chi connectivity index (χ1n) is 7.44. The van der Waals surface area contributed by atoms with E-state index in [0.29, 0.717) is 25.4 Å². The van der Waals surface area contributed by atoms with Crippen molar-refractivity contribution < 1.29 is 18.4 Å². The molecule has 0 radical (unpaired) electrons. The number of carbonyl (C=O) groups excluding carboxylic acids is 2. The molecule has 2 N–H and O–H groups in total. The summed E-state index contributed by atoms with van der Waals surface area (Å²) in [5.74, 6) is -2.83. The van der Waals surface area contributed by atoms with E-state index in [0.717, 1.165) is 19.3 Å². The van der Waals surface area contributed by atoms with Gasteiger partial charge in [-0.25, -0.2) is 4.98 Å². The molecule has 8 heteroatoms. The lowest BCUT2D eigenvalue weighted by molar-refractivity contribution is -0.118. The molecule has 1 fully saturated rings. The van der Waals surface area contributed by atoms with E-state index >= 15 is 0 Å². The van der Waals surface area contributed by atoms with Gasteiger partial charge in [0.05, 0.1) is 5.56 Å². The minimum absolute atomic E-state index is 0.0587. The Hall–Kier alpha value is -1.70. The topological polar surface area (TPSA) is 76.3 Å². The van der Waals surface area contributed by atoms with Gasteiger partial charge in [0.1, 0.15) is 5.03 Å². The smallest absolute Gasteiger partial charge is 0.290 e. The van der Waals surface area contributed by atoms with Crippen LogP contribution in [0.3, 0.4) is 0 Å². The van der Waals surface area contributed by atoms with Crippen molar-refractivity contribution in [2.45, 2.75) is 36.5 Å². The minimum atomic E-state index is -2.61. The average molecular weight is 343 g/mol. The second kappa shape index (κ2) is 8.24. The van der Waals surface area contributed by atoms with E-state index in [9.17, 15) is 18.4 Å². The van der Waals surface area contributed by atoms with Crippen molar-refractivity contribution in [3.63, 3.8) is 0 Å². The summed E-state index contributed by atoms with van der Waals surface area (Å²) in [4.78, 5) is 28.9. The SMILES string of the molecule is NC(=O)CCC1CCN(C(=O)c2cccnc2SC(F)F)CC1. The number of rotatable bonds is 6. The van der Waals surface area contributed by atoms with Crippen LogP contribution in [-0.2, 0) is 4.79 Å². The van der Waals surface area contributed by atoms with Gasteiger partial charge in [-0.1, -0.05) is 0 Å². The average Bonchev–Trinajstić information content (AvgIpc) is 2.53. The maximum Gasteiger partial charge on any atom is 0.290 e. The van der Waals surface area contributed by atoms with Gasteiger partial charge in [-0.3, -0.25) is 9.59 Å². The van der Waals surface area contributed by atoms with E-state index in [-0.39, 0.29) is 34.2 Å². The third-order valence-electron chi connectivity index (χ3n) is 3.90. The third kappa shape index (κ3) is 5.16. The number of aromatic nitrogens is 1. The standard InChI is InChI=1S/C15H19F2N3O2S/c16-15(17)23-13-11(2-1-7-19-13)14(22)20-8-5-10(6-9-20)3-4-12(18)21/h1-2,7,10,15H,3-6,8-9H2,(H2,18,21). The number of nitrogens with two attached hydrogens (primary N) is 1. The zero-order valence-corrected chi connectivity index (χ0v) is 13.4. The highest BCUT2D eigenvalue weighted by atomic mass is 32.2. The Balaban J connectivity index is 1.96. The minimum Gasteiger partial charge on any atom is -0.370 e. The van der Waals surface area contributed by atoms with E-state index in [1.807, 2.05) is 0 Å². The molecule has 23 heavy (non-hydrogen) atoms. The number of halogens is 2. The summed E-state index contributed by atoms with van der Waals surface area (Å²) in [6.45, 7) is 1.10. The van der Waals surface area contributed by atoms with Crippen LogP contribution in [0, 0.1) is 5.92 Å². The molecule has 0 atom stereocenters. The van der Waals surface area contributed by atoms with Crippen LogP contribution in [0.1, 0.15) is 36.0 Å². The molecule has 1 saturated heterocycles. The lowest BCUT2D eigenvalue weighted by Gasteiger charge is -2.32. The van der Waals surface area contributed by atoms with Gasteiger partial charge >= 0.3 is 0 Å². The van der Waals surface area contributed by atoms with Gasteiger partial charge in [-0.15, -0.1) is 0 Å². The Morgan fingerprint density at radius 2 is 2.09 bits per heavy atom. The first kappa shape index (κ1) is 17.7. The zero-order valence-electron chi connectivity index (χ0n) is 12.6. The summed E-state index contributed by atoms with van der Waals surface area (Å²) in [6.07, 6.45) is 4.07. The molecule has 0 unspecified atom stereocenters. The molecule has 0 aromatic carbocycles. The fourth-order valence-electron chi connectivity index (χ4n) is 2.67. The molecule has 2 amide bonds. The van der Waals surface area contributed by atoms with E-state index in [2.05, 4.69) is 4.98 Å². The van der Waals surface area contributed by atoms with E-state index in [1.54, 1.807) is 11.0 Å². The second-order valence-electron chi connectivity index (χ2n) is 5.48. The number of amides is 2. The third-order valence-corrected chi connectivity index (χ3v) is 4.63. The van der Waals surface area contributed by atoms with Gasteiger partial charge in [0.25, 0.3) is 11.7 Å². The molecule has 0 saturated carbocycles. The molecule has 1 aliphatic rings. The van der Waals surface area contributed by atoms with Gasteiger partial charge in [0.15, 0.2) is 0 Å². The molecule has 0 bridgehead atoms. The fourth-order valence-corrected chi connectivity index (χ4v) is 3.25. The number of alkyl halides is 2. The van der Waals surface area contributed by atoms with Crippen LogP contribution >= 0.6 is 11.8 Å². The second-order valence-corrected chi connectivity index (χ2v) is 6.45. The number of hydrogen-bond donors (Lipinski definition) is 1. The molecule has 5 nitrogen and oxygen atoms in total. The normalized spacial score (nSPS) is 15.9. The molecule has 126 valence electrons. The van der Waals surface area contributed by atoms with Crippen molar-refractivity contribution in [1.82, 2.24) is 9.88 Å². The molecular formula is C15H19F2N3O2S. The molecule has 0 spiro atoms. The number of hydrogen-bond acceptors (Lipinski definition) is 4. The summed E-state index contributed by atoms with van der Waals surface area (Å²) in [5, 5.41) is 0.0587. The van der Waals surface area contributed by atoms with Crippen LogP contribution in [0.5, 0.6) is 0 Å². The Labute approximate surface area is 137 Å². The number of piperidine rings is 1. The van der Waals surface area contributed by atoms with Gasteiger partial charge in [-0.05, 0) is 49.1 Å². The van der Waals surface area contributed by atoms with Crippen LogP contribution in [-0.4, -0.2) is 40.5 Å². The van der Waals surface area contributed by atoms with Gasteiger partial charge < -0.3 is 10.6 Å². The van der Waals surface area contributed by atoms with Crippen LogP contribution in [0.2, 0.25) is 0 Å². The van der Waals surface area contributed by atoms with E-state index in [1.165, 1.54) is 12.3 Å². The molecule has 2 rings (SSSR count). The van der Waals surface area contributed by atoms with Crippen LogP contribution in [0.25, 0.3) is 0 Å². The highest BCUT2D eigenvalue weighted by Gasteiger charge is 2.26. The molecular weight excluding hydrogens is 324 g/mol. The number of likely N-dealkylation sites (tertiary alicyclic amines) is 1. The van der Waals surface area contributed by atoms with Gasteiger partial charge in [-0.2, -0.15) is 8.78 Å². The lowest BCUT2D eigenvalue weighted by Crippen LogP contribution is -2.39. The molecule has 1 aromatic heterocycles. The van der Waals surface area contributed by atoms with Crippen molar-refractivity contribution in [2.24, 2.45) is 11.7 Å².